The van der Waals surface area contributed by atoms with Crippen molar-refractivity contribution in [2.45, 2.75) is 0 Å². The molecular weight excluding hydrogens is 284 g/mol. The van der Waals surface area contributed by atoms with Gasteiger partial charge in [0.25, 0.3) is 5.56 Å². The molecule has 0 saturated heterocycles. The molecule has 0 aliphatic rings. The summed E-state index contributed by atoms with van der Waals surface area (Å²) in [5.41, 5.74) is 5.44. The highest BCUT2D eigenvalue weighted by molar-refractivity contribution is 5.81. The highest BCUT2D eigenvalue weighted by Gasteiger charge is 2.19. The van der Waals surface area contributed by atoms with Crippen LogP contribution in [0.25, 0.3) is 11.1 Å². The number of nitrogens with zero attached hydrogens (tertiary/aromatic N) is 2. The van der Waals surface area contributed by atoms with E-state index in [1.54, 1.807) is 18.2 Å². The van der Waals surface area contributed by atoms with Crippen molar-refractivity contribution in [3.63, 3.8) is 0 Å². The van der Waals surface area contributed by atoms with Gasteiger partial charge in [-0.05, 0) is 17.7 Å². The number of methoxy groups -OCH3 is 2. The second kappa shape index (κ2) is 5.90. The van der Waals surface area contributed by atoms with Gasteiger partial charge < -0.3 is 20.2 Å². The smallest absolute Gasteiger partial charge is 0.268 e. The van der Waals surface area contributed by atoms with E-state index in [0.29, 0.717) is 17.1 Å². The molecule has 0 aliphatic carbocycles. The lowest BCUT2D eigenvalue weighted by Crippen LogP contribution is -2.16. The Morgan fingerprint density at radius 2 is 1.59 bits per heavy atom. The van der Waals surface area contributed by atoms with Crippen LogP contribution in [-0.4, -0.2) is 19.2 Å². The van der Waals surface area contributed by atoms with Crippen molar-refractivity contribution >= 4 is 5.82 Å². The number of nitrogens with one attached hydrogen (secondary N) is 1. The molecule has 3 N–H and O–H groups in total. The Hall–Kier alpha value is -3.45. The number of hydrogen-bond donors (Lipinski definition) is 2. The molecule has 7 heteroatoms. The number of nitrogens with two attached hydrogens (primary N) is 1. The summed E-state index contributed by atoms with van der Waals surface area (Å²) in [5.74, 6) is 0.824. The zero-order valence-corrected chi connectivity index (χ0v) is 11.9. The summed E-state index contributed by atoms with van der Waals surface area (Å²) in [6.07, 6.45) is 0. The van der Waals surface area contributed by atoms with Crippen LogP contribution >= 0.6 is 0 Å². The maximum Gasteiger partial charge on any atom is 0.268 e. The molecular formula is C15H12N4O3. The molecule has 1 aromatic carbocycles. The minimum Gasteiger partial charge on any atom is -0.497 e. The first-order valence-corrected chi connectivity index (χ1v) is 6.15. The van der Waals surface area contributed by atoms with Crippen molar-refractivity contribution in [3.05, 3.63) is 39.7 Å². The summed E-state index contributed by atoms with van der Waals surface area (Å²) in [5, 5.41) is 18.5. The number of anilines is 1. The minimum atomic E-state index is -0.657. The summed E-state index contributed by atoms with van der Waals surface area (Å²) in [7, 11) is 2.95. The van der Waals surface area contributed by atoms with E-state index in [4.69, 9.17) is 15.2 Å². The molecule has 0 radical (unpaired) electrons. The third kappa shape index (κ3) is 2.43. The van der Waals surface area contributed by atoms with Gasteiger partial charge in [-0.2, -0.15) is 10.5 Å². The van der Waals surface area contributed by atoms with E-state index in [9.17, 15) is 15.3 Å². The van der Waals surface area contributed by atoms with Gasteiger partial charge >= 0.3 is 0 Å². The third-order valence-corrected chi connectivity index (χ3v) is 3.11. The zero-order chi connectivity index (χ0) is 16.3. The molecule has 2 aromatic rings. The fourth-order valence-electron chi connectivity index (χ4n) is 2.08. The molecule has 2 rings (SSSR count). The summed E-state index contributed by atoms with van der Waals surface area (Å²) in [6.45, 7) is 0. The van der Waals surface area contributed by atoms with Crippen LogP contribution in [0.5, 0.6) is 11.5 Å². The number of benzene rings is 1. The van der Waals surface area contributed by atoms with Gasteiger partial charge in [-0.1, -0.05) is 0 Å². The number of pyridine rings is 1. The van der Waals surface area contributed by atoms with E-state index in [-0.39, 0.29) is 22.5 Å². The number of H-pyrrole nitrogens is 1. The average Bonchev–Trinajstić information content (AvgIpc) is 2.53. The van der Waals surface area contributed by atoms with Crippen LogP contribution in [0.15, 0.2) is 23.0 Å². The predicted molar refractivity (Wildman–Crippen MR) is 79.4 cm³/mol. The summed E-state index contributed by atoms with van der Waals surface area (Å²) in [4.78, 5) is 14.2. The third-order valence-electron chi connectivity index (χ3n) is 3.11. The highest BCUT2D eigenvalue weighted by atomic mass is 16.5. The van der Waals surface area contributed by atoms with E-state index in [2.05, 4.69) is 4.98 Å². The number of ether oxygens (including phenoxy) is 2. The lowest BCUT2D eigenvalue weighted by molar-refractivity contribution is 0.394. The molecule has 0 bridgehead atoms. The first-order valence-electron chi connectivity index (χ1n) is 6.15. The van der Waals surface area contributed by atoms with Crippen molar-refractivity contribution in [1.82, 2.24) is 4.98 Å². The number of aromatic nitrogens is 1. The maximum absolute atomic E-state index is 11.9. The summed E-state index contributed by atoms with van der Waals surface area (Å²) in [6, 6.07) is 8.55. The van der Waals surface area contributed by atoms with E-state index in [1.807, 2.05) is 12.1 Å². The standard InChI is InChI=1S/C15H12N4O3/c1-21-9-3-8(4-10(5-9)22-2)13-11(6-16)14(18)19-15(20)12(13)7-17/h3-5H,1-2H3,(H3,18,19,20). The van der Waals surface area contributed by atoms with Crippen LogP contribution in [0.2, 0.25) is 0 Å². The van der Waals surface area contributed by atoms with Gasteiger partial charge in [0.05, 0.1) is 14.2 Å². The molecule has 0 aliphatic heterocycles. The predicted octanol–water partition coefficient (Wildman–Crippen LogP) is 1.38. The molecule has 0 unspecified atom stereocenters. The van der Waals surface area contributed by atoms with Gasteiger partial charge in [0.1, 0.15) is 40.6 Å². The largest absolute Gasteiger partial charge is 0.497 e. The molecule has 0 fully saturated rings. The van der Waals surface area contributed by atoms with Crippen LogP contribution < -0.4 is 20.8 Å². The SMILES string of the molecule is COc1cc(OC)cc(-c2c(C#N)c(N)[nH]c(=O)c2C#N)c1. The molecule has 7 nitrogen and oxygen atoms in total. The normalized spacial score (nSPS) is 9.64. The Morgan fingerprint density at radius 3 is 2.05 bits per heavy atom. The van der Waals surface area contributed by atoms with Gasteiger partial charge in [-0.15, -0.1) is 0 Å². The fourth-order valence-corrected chi connectivity index (χ4v) is 2.08. The number of nitrogen functional groups attached to an aromatic ring is 1. The molecule has 22 heavy (non-hydrogen) atoms. The first kappa shape index (κ1) is 14.9. The average molecular weight is 296 g/mol. The van der Waals surface area contributed by atoms with Gasteiger partial charge in [0.2, 0.25) is 0 Å². The lowest BCUT2D eigenvalue weighted by atomic mass is 9.96. The van der Waals surface area contributed by atoms with Crippen LogP contribution in [0, 0.1) is 22.7 Å². The topological polar surface area (TPSA) is 125 Å². The van der Waals surface area contributed by atoms with E-state index in [1.165, 1.54) is 14.2 Å². The molecule has 0 atom stereocenters. The fraction of sp³-hybridized carbons (Fsp3) is 0.133. The van der Waals surface area contributed by atoms with Crippen molar-refractivity contribution in [3.8, 4) is 34.8 Å². The number of nitriles is 2. The van der Waals surface area contributed by atoms with Crippen LogP contribution in [-0.2, 0) is 0 Å². The Labute approximate surface area is 126 Å². The Morgan fingerprint density at radius 1 is 1.05 bits per heavy atom. The van der Waals surface area contributed by atoms with Crippen LogP contribution in [0.3, 0.4) is 0 Å². The van der Waals surface area contributed by atoms with E-state index in [0.717, 1.165) is 0 Å². The Bertz CT molecular complexity index is 850. The quantitative estimate of drug-likeness (QED) is 0.881. The van der Waals surface area contributed by atoms with Crippen molar-refractivity contribution in [1.29, 1.82) is 10.5 Å². The van der Waals surface area contributed by atoms with Gasteiger partial charge in [0, 0.05) is 11.6 Å². The van der Waals surface area contributed by atoms with E-state index >= 15 is 0 Å². The summed E-state index contributed by atoms with van der Waals surface area (Å²) < 4.78 is 10.3. The first-order chi connectivity index (χ1) is 10.5. The van der Waals surface area contributed by atoms with Crippen LogP contribution in [0.1, 0.15) is 11.1 Å². The van der Waals surface area contributed by atoms with E-state index < -0.39 is 5.56 Å². The zero-order valence-electron chi connectivity index (χ0n) is 11.9. The molecule has 1 aromatic heterocycles. The number of hydrogen-bond acceptors (Lipinski definition) is 6. The second-order valence-corrected chi connectivity index (χ2v) is 4.32. The molecule has 110 valence electrons. The van der Waals surface area contributed by atoms with Gasteiger partial charge in [-0.25, -0.2) is 0 Å². The number of aromatic amines is 1. The van der Waals surface area contributed by atoms with Gasteiger partial charge in [0.15, 0.2) is 0 Å². The number of rotatable bonds is 3. The van der Waals surface area contributed by atoms with Crippen molar-refractivity contribution < 1.29 is 9.47 Å². The second-order valence-electron chi connectivity index (χ2n) is 4.32. The van der Waals surface area contributed by atoms with Crippen molar-refractivity contribution in [2.75, 3.05) is 20.0 Å². The molecule has 1 heterocycles. The molecule has 0 amide bonds. The highest BCUT2D eigenvalue weighted by Crippen LogP contribution is 2.33. The summed E-state index contributed by atoms with van der Waals surface area (Å²) >= 11 is 0. The molecule has 0 saturated carbocycles. The van der Waals surface area contributed by atoms with Crippen molar-refractivity contribution in [2.24, 2.45) is 0 Å². The monoisotopic (exact) mass is 296 g/mol. The Kier molecular flexibility index (Phi) is 4.01. The maximum atomic E-state index is 11.9. The van der Waals surface area contributed by atoms with Gasteiger partial charge in [-0.3, -0.25) is 4.79 Å². The Balaban J connectivity index is 2.91. The lowest BCUT2D eigenvalue weighted by Gasteiger charge is -2.12. The minimum absolute atomic E-state index is 0.0199. The van der Waals surface area contributed by atoms with Crippen LogP contribution in [0.4, 0.5) is 5.82 Å². The molecule has 0 spiro atoms.